The fraction of sp³-hybridized carbons (Fsp3) is 0.400. The Morgan fingerprint density at radius 3 is 2.23 bits per heavy atom. The Balaban J connectivity index is 5.06. The maximum atomic E-state index is 5.94. The molecule has 3 heteroatoms. The second kappa shape index (κ2) is 4.99. The van der Waals surface area contributed by atoms with Crippen LogP contribution in [0.5, 0.6) is 0 Å². The van der Waals surface area contributed by atoms with Crippen molar-refractivity contribution in [2.75, 3.05) is 0 Å². The highest BCUT2D eigenvalue weighted by Gasteiger charge is 2.18. The number of rotatable bonds is 3. The van der Waals surface area contributed by atoms with Gasteiger partial charge in [0, 0.05) is 15.1 Å². The molecule has 0 aliphatic rings. The molecule has 1 nitrogen and oxygen atoms in total. The summed E-state index contributed by atoms with van der Waals surface area (Å²) in [7, 11) is 0. The molecule has 0 spiro atoms. The Bertz CT molecular complexity index is 259. The molecule has 0 aromatic carbocycles. The molecule has 0 radical (unpaired) electrons. The van der Waals surface area contributed by atoms with E-state index in [1.165, 1.54) is 0 Å². The normalized spacial score (nSPS) is 14.6. The van der Waals surface area contributed by atoms with Gasteiger partial charge in [-0.25, -0.2) is 0 Å². The molecule has 0 rings (SSSR count). The minimum absolute atomic E-state index is 0.441. The van der Waals surface area contributed by atoms with E-state index in [-0.39, 0.29) is 0 Å². The van der Waals surface area contributed by atoms with Gasteiger partial charge < -0.3 is 5.73 Å². The van der Waals surface area contributed by atoms with Crippen molar-refractivity contribution in [2.45, 2.75) is 26.3 Å². The van der Waals surface area contributed by atoms with E-state index >= 15 is 0 Å². The quantitative estimate of drug-likeness (QED) is 0.773. The number of hydrogen-bond donors (Lipinski definition) is 1. The van der Waals surface area contributed by atoms with Gasteiger partial charge >= 0.3 is 0 Å². The molecule has 0 aromatic rings. The number of allylic oxidation sites excluding steroid dienone is 3. The minimum atomic E-state index is -0.441. The molecule has 0 aliphatic heterocycles. The fourth-order valence-corrected chi connectivity index (χ4v) is 1.57. The van der Waals surface area contributed by atoms with Crippen molar-refractivity contribution in [2.24, 2.45) is 5.73 Å². The van der Waals surface area contributed by atoms with Crippen LogP contribution in [0, 0.1) is 0 Å². The first-order valence-electron chi connectivity index (χ1n) is 3.96. The van der Waals surface area contributed by atoms with Crippen LogP contribution in [0.1, 0.15) is 20.8 Å². The van der Waals surface area contributed by atoms with Crippen LogP contribution in [0.25, 0.3) is 0 Å². The predicted molar refractivity (Wildman–Crippen MR) is 64.0 cm³/mol. The van der Waals surface area contributed by atoms with Crippen LogP contribution in [0.3, 0.4) is 0 Å². The van der Waals surface area contributed by atoms with Crippen LogP contribution < -0.4 is 5.73 Å². The Hall–Kier alpha value is -0.0500. The van der Waals surface area contributed by atoms with Gasteiger partial charge in [-0.05, 0) is 32.4 Å². The van der Waals surface area contributed by atoms with Crippen LogP contribution in [0.2, 0.25) is 0 Å². The summed E-state index contributed by atoms with van der Waals surface area (Å²) in [5.74, 6) is 0. The lowest BCUT2D eigenvalue weighted by atomic mass is 9.95. The van der Waals surface area contributed by atoms with E-state index in [2.05, 4.69) is 22.5 Å². The highest BCUT2D eigenvalue weighted by molar-refractivity contribution is 9.11. The topological polar surface area (TPSA) is 26.0 Å². The van der Waals surface area contributed by atoms with Crippen molar-refractivity contribution >= 4 is 27.5 Å². The Kier molecular flexibility index (Phi) is 4.97. The lowest BCUT2D eigenvalue weighted by molar-refractivity contribution is 0.624. The third kappa shape index (κ3) is 4.65. The molecule has 0 aliphatic carbocycles. The van der Waals surface area contributed by atoms with E-state index in [9.17, 15) is 0 Å². The number of hydrogen-bond acceptors (Lipinski definition) is 1. The lowest BCUT2D eigenvalue weighted by Gasteiger charge is -2.22. The maximum absolute atomic E-state index is 5.94. The number of nitrogens with two attached hydrogens (primary N) is 1. The smallest absolute Gasteiger partial charge is 0.0367 e. The zero-order valence-electron chi connectivity index (χ0n) is 8.20. The fourth-order valence-electron chi connectivity index (χ4n) is 0.835. The molecule has 0 amide bonds. The van der Waals surface area contributed by atoms with Gasteiger partial charge in [0.05, 0.1) is 0 Å². The third-order valence-electron chi connectivity index (χ3n) is 1.54. The Labute approximate surface area is 93.5 Å². The van der Waals surface area contributed by atoms with E-state index in [1.54, 1.807) is 0 Å². The van der Waals surface area contributed by atoms with E-state index in [4.69, 9.17) is 17.3 Å². The first-order valence-corrected chi connectivity index (χ1v) is 5.13. The van der Waals surface area contributed by atoms with Crippen molar-refractivity contribution in [3.05, 3.63) is 33.8 Å². The summed E-state index contributed by atoms with van der Waals surface area (Å²) >= 11 is 9.18. The molecular formula is C10H15BrClN. The standard InChI is InChI=1S/C10H15BrClN/c1-5-8(12)6-9(7(2)11)10(3,4)13/h5-6H,2,13H2,1,3-4H3/b8-5+,9-6+. The summed E-state index contributed by atoms with van der Waals surface area (Å²) in [6.45, 7) is 9.48. The second-order valence-corrected chi connectivity index (χ2v) is 4.75. The van der Waals surface area contributed by atoms with Crippen LogP contribution in [0.4, 0.5) is 0 Å². The van der Waals surface area contributed by atoms with E-state index in [0.717, 1.165) is 10.1 Å². The summed E-state index contributed by atoms with van der Waals surface area (Å²) < 4.78 is 0.764. The predicted octanol–water partition coefficient (Wildman–Crippen LogP) is 3.70. The van der Waals surface area contributed by atoms with Crippen LogP contribution in [-0.2, 0) is 0 Å². The van der Waals surface area contributed by atoms with Gasteiger partial charge in [-0.3, -0.25) is 0 Å². The zero-order valence-corrected chi connectivity index (χ0v) is 10.5. The molecule has 13 heavy (non-hydrogen) atoms. The van der Waals surface area contributed by atoms with Crippen LogP contribution in [-0.4, -0.2) is 5.54 Å². The number of halogens is 2. The third-order valence-corrected chi connectivity index (χ3v) is 2.30. The van der Waals surface area contributed by atoms with Gasteiger partial charge in [0.25, 0.3) is 0 Å². The van der Waals surface area contributed by atoms with E-state index in [1.807, 2.05) is 32.9 Å². The summed E-state index contributed by atoms with van der Waals surface area (Å²) in [4.78, 5) is 0. The van der Waals surface area contributed by atoms with Gasteiger partial charge in [0.15, 0.2) is 0 Å². The first-order chi connectivity index (χ1) is 5.79. The molecule has 0 saturated heterocycles. The minimum Gasteiger partial charge on any atom is -0.322 e. The maximum Gasteiger partial charge on any atom is 0.0367 e. The van der Waals surface area contributed by atoms with Crippen LogP contribution in [0.15, 0.2) is 33.8 Å². The Morgan fingerprint density at radius 2 is 2.00 bits per heavy atom. The average Bonchev–Trinajstić information content (AvgIpc) is 1.96. The average molecular weight is 265 g/mol. The van der Waals surface area contributed by atoms with Gasteiger partial charge in [0.1, 0.15) is 0 Å². The van der Waals surface area contributed by atoms with Crippen molar-refractivity contribution in [3.8, 4) is 0 Å². The molecule has 0 bridgehead atoms. The van der Waals surface area contributed by atoms with Crippen molar-refractivity contribution in [1.82, 2.24) is 0 Å². The molecular weight excluding hydrogens is 249 g/mol. The first kappa shape index (κ1) is 12.9. The molecule has 0 unspecified atom stereocenters. The molecule has 74 valence electrons. The monoisotopic (exact) mass is 263 g/mol. The largest absolute Gasteiger partial charge is 0.322 e. The van der Waals surface area contributed by atoms with E-state index in [0.29, 0.717) is 5.03 Å². The summed E-state index contributed by atoms with van der Waals surface area (Å²) in [6.07, 6.45) is 3.63. The Morgan fingerprint density at radius 1 is 1.54 bits per heavy atom. The summed E-state index contributed by atoms with van der Waals surface area (Å²) in [6, 6.07) is 0. The molecule has 0 aromatic heterocycles. The summed E-state index contributed by atoms with van der Waals surface area (Å²) in [5, 5.41) is 0.661. The van der Waals surface area contributed by atoms with Gasteiger partial charge in [-0.1, -0.05) is 40.2 Å². The van der Waals surface area contributed by atoms with Gasteiger partial charge in [-0.2, -0.15) is 0 Å². The van der Waals surface area contributed by atoms with Crippen LogP contribution >= 0.6 is 27.5 Å². The molecule has 0 saturated carbocycles. The zero-order chi connectivity index (χ0) is 10.6. The molecule has 0 atom stereocenters. The highest BCUT2D eigenvalue weighted by atomic mass is 79.9. The molecule has 0 heterocycles. The molecule has 2 N–H and O–H groups in total. The molecule has 0 fully saturated rings. The van der Waals surface area contributed by atoms with E-state index < -0.39 is 5.54 Å². The highest BCUT2D eigenvalue weighted by Crippen LogP contribution is 2.26. The SMILES string of the molecule is C=C(Br)/C(=C\C(Cl)=C/C)C(C)(C)N. The van der Waals surface area contributed by atoms with Crippen molar-refractivity contribution < 1.29 is 0 Å². The van der Waals surface area contributed by atoms with Crippen molar-refractivity contribution in [3.63, 3.8) is 0 Å². The van der Waals surface area contributed by atoms with Gasteiger partial charge in [0.2, 0.25) is 0 Å². The lowest BCUT2D eigenvalue weighted by Crippen LogP contribution is -2.34. The summed E-state index contributed by atoms with van der Waals surface area (Å²) in [5.41, 5.74) is 6.40. The second-order valence-electron chi connectivity index (χ2n) is 3.36. The van der Waals surface area contributed by atoms with Gasteiger partial charge in [-0.15, -0.1) is 0 Å². The van der Waals surface area contributed by atoms with Crippen molar-refractivity contribution in [1.29, 1.82) is 0 Å².